The first-order valence-corrected chi connectivity index (χ1v) is 9.36. The summed E-state index contributed by atoms with van der Waals surface area (Å²) in [6.45, 7) is 8.03. The molecule has 5 heteroatoms. The van der Waals surface area contributed by atoms with Gasteiger partial charge in [-0.2, -0.15) is 0 Å². The Morgan fingerprint density at radius 2 is 1.80 bits per heavy atom. The number of rotatable bonds is 8. The molecule has 1 N–H and O–H groups in total. The summed E-state index contributed by atoms with van der Waals surface area (Å²) in [7, 11) is 0. The lowest BCUT2D eigenvalue weighted by Gasteiger charge is -2.23. The molecule has 1 heterocycles. The molecule has 0 atom stereocenters. The summed E-state index contributed by atoms with van der Waals surface area (Å²) in [5.41, 5.74) is 1.93. The summed E-state index contributed by atoms with van der Waals surface area (Å²) in [5.74, 6) is -0.120. The molecule has 0 bridgehead atoms. The normalized spacial score (nSPS) is 19.6. The number of hydrogen-bond donors (Lipinski definition) is 1. The fourth-order valence-corrected chi connectivity index (χ4v) is 3.40. The summed E-state index contributed by atoms with van der Waals surface area (Å²) < 4.78 is 0. The highest BCUT2D eigenvalue weighted by atomic mass is 16.2. The third-order valence-electron chi connectivity index (χ3n) is 5.15. The molecule has 1 saturated carbocycles. The highest BCUT2D eigenvalue weighted by Crippen LogP contribution is 2.28. The maximum absolute atomic E-state index is 12.2. The molecule has 2 fully saturated rings. The minimum Gasteiger partial charge on any atom is -0.324 e. The lowest BCUT2D eigenvalue weighted by molar-refractivity contribution is -0.130. The number of carbonyl (C=O) groups is 2. The van der Waals surface area contributed by atoms with Crippen LogP contribution < -0.4 is 5.32 Å². The van der Waals surface area contributed by atoms with E-state index in [1.165, 1.54) is 28.9 Å². The second-order valence-electron chi connectivity index (χ2n) is 7.74. The maximum Gasteiger partial charge on any atom is 0.325 e. The Kier molecular flexibility index (Phi) is 5.13. The lowest BCUT2D eigenvalue weighted by atomic mass is 10.1. The van der Waals surface area contributed by atoms with Crippen LogP contribution in [0.3, 0.4) is 0 Å². The fourth-order valence-electron chi connectivity index (χ4n) is 3.40. The van der Waals surface area contributed by atoms with Gasteiger partial charge in [0.05, 0.1) is 0 Å². The molecule has 3 rings (SSSR count). The van der Waals surface area contributed by atoms with Crippen molar-refractivity contribution in [3.63, 3.8) is 0 Å². The van der Waals surface area contributed by atoms with Crippen molar-refractivity contribution in [2.24, 2.45) is 0 Å². The fraction of sp³-hybridized carbons (Fsp3) is 0.600. The summed E-state index contributed by atoms with van der Waals surface area (Å²) in [6, 6.07) is 9.24. The average Bonchev–Trinajstić information content (AvgIpc) is 3.39. The molecule has 0 unspecified atom stereocenters. The van der Waals surface area contributed by atoms with Crippen LogP contribution in [-0.4, -0.2) is 46.4 Å². The third kappa shape index (κ3) is 4.21. The number of carbonyl (C=O) groups excluding carboxylic acids is 2. The van der Waals surface area contributed by atoms with Gasteiger partial charge in [-0.25, -0.2) is 4.79 Å². The van der Waals surface area contributed by atoms with Crippen LogP contribution in [0, 0.1) is 0 Å². The van der Waals surface area contributed by atoms with Gasteiger partial charge in [-0.3, -0.25) is 14.6 Å². The number of hydrogen-bond acceptors (Lipinski definition) is 3. The molecular formula is C20H29N3O2. The second-order valence-corrected chi connectivity index (χ2v) is 7.74. The van der Waals surface area contributed by atoms with E-state index in [2.05, 4.69) is 41.4 Å². The van der Waals surface area contributed by atoms with Crippen LogP contribution in [-0.2, 0) is 17.8 Å². The van der Waals surface area contributed by atoms with E-state index in [9.17, 15) is 9.59 Å². The Hall–Kier alpha value is -1.88. The van der Waals surface area contributed by atoms with E-state index < -0.39 is 5.54 Å². The van der Waals surface area contributed by atoms with E-state index in [1.54, 1.807) is 13.8 Å². The summed E-state index contributed by atoms with van der Waals surface area (Å²) in [6.07, 6.45) is 4.39. The zero-order chi connectivity index (χ0) is 18.0. The van der Waals surface area contributed by atoms with Gasteiger partial charge in [-0.1, -0.05) is 31.2 Å². The largest absolute Gasteiger partial charge is 0.325 e. The van der Waals surface area contributed by atoms with Gasteiger partial charge in [0.15, 0.2) is 0 Å². The number of nitrogens with zero attached hydrogens (tertiary/aromatic N) is 2. The molecule has 1 aliphatic carbocycles. The zero-order valence-electron chi connectivity index (χ0n) is 15.5. The monoisotopic (exact) mass is 343 g/mol. The summed E-state index contributed by atoms with van der Waals surface area (Å²) in [5, 5.41) is 2.74. The number of aryl methyl sites for hydroxylation is 1. The van der Waals surface area contributed by atoms with Crippen molar-refractivity contribution in [2.75, 3.05) is 13.1 Å². The van der Waals surface area contributed by atoms with E-state index in [0.29, 0.717) is 12.6 Å². The van der Waals surface area contributed by atoms with Crippen LogP contribution >= 0.6 is 0 Å². The molecular weight excluding hydrogens is 314 g/mol. The first kappa shape index (κ1) is 17.9. The van der Waals surface area contributed by atoms with Crippen LogP contribution in [0.4, 0.5) is 4.79 Å². The van der Waals surface area contributed by atoms with Crippen molar-refractivity contribution in [3.8, 4) is 0 Å². The minimum absolute atomic E-state index is 0.120. The average molecular weight is 343 g/mol. The van der Waals surface area contributed by atoms with Crippen molar-refractivity contribution >= 4 is 11.9 Å². The maximum atomic E-state index is 12.2. The molecule has 1 aliphatic heterocycles. The zero-order valence-corrected chi connectivity index (χ0v) is 15.5. The molecule has 1 saturated heterocycles. The predicted octanol–water partition coefficient (Wildman–Crippen LogP) is 2.93. The van der Waals surface area contributed by atoms with E-state index in [1.807, 2.05) is 0 Å². The van der Waals surface area contributed by atoms with E-state index in [0.717, 1.165) is 25.9 Å². The summed E-state index contributed by atoms with van der Waals surface area (Å²) >= 11 is 0. The highest BCUT2D eigenvalue weighted by molar-refractivity contribution is 6.06. The van der Waals surface area contributed by atoms with Crippen LogP contribution in [0.2, 0.25) is 0 Å². The van der Waals surface area contributed by atoms with Crippen LogP contribution in [0.25, 0.3) is 0 Å². The molecule has 1 aromatic rings. The molecule has 1 aromatic carbocycles. The van der Waals surface area contributed by atoms with Gasteiger partial charge in [0, 0.05) is 25.7 Å². The van der Waals surface area contributed by atoms with Crippen LogP contribution in [0.15, 0.2) is 24.3 Å². The Morgan fingerprint density at radius 3 is 2.32 bits per heavy atom. The smallest absolute Gasteiger partial charge is 0.324 e. The van der Waals surface area contributed by atoms with E-state index in [-0.39, 0.29) is 11.9 Å². The first-order valence-electron chi connectivity index (χ1n) is 9.36. The number of amides is 3. The predicted molar refractivity (Wildman–Crippen MR) is 98.2 cm³/mol. The number of urea groups is 1. The van der Waals surface area contributed by atoms with Crippen LogP contribution in [0.1, 0.15) is 51.2 Å². The number of nitrogens with one attached hydrogen (secondary N) is 1. The topological polar surface area (TPSA) is 52.6 Å². The van der Waals surface area contributed by atoms with Gasteiger partial charge >= 0.3 is 6.03 Å². The van der Waals surface area contributed by atoms with Gasteiger partial charge < -0.3 is 5.32 Å². The number of imide groups is 1. The molecule has 25 heavy (non-hydrogen) atoms. The Labute approximate surface area is 150 Å². The third-order valence-corrected chi connectivity index (χ3v) is 5.15. The Balaban J connectivity index is 1.52. The highest BCUT2D eigenvalue weighted by Gasteiger charge is 2.43. The summed E-state index contributed by atoms with van der Waals surface area (Å²) in [4.78, 5) is 28.0. The molecule has 136 valence electrons. The number of benzene rings is 1. The Bertz CT molecular complexity index is 635. The van der Waals surface area contributed by atoms with E-state index in [4.69, 9.17) is 0 Å². The van der Waals surface area contributed by atoms with Crippen molar-refractivity contribution in [3.05, 3.63) is 35.4 Å². The van der Waals surface area contributed by atoms with Crippen LogP contribution in [0.5, 0.6) is 0 Å². The standard InChI is InChI=1S/C20H29N3O2/c1-4-15-6-8-16(9-7-15)14-22(17-10-11-17)12-5-13-23-18(24)20(2,3)21-19(23)25/h6-9,17H,4-5,10-14H2,1-3H3,(H,21,25). The minimum atomic E-state index is -0.770. The molecule has 5 nitrogen and oxygen atoms in total. The second kappa shape index (κ2) is 7.16. The van der Waals surface area contributed by atoms with Crippen molar-refractivity contribution in [1.82, 2.24) is 15.1 Å². The Morgan fingerprint density at radius 1 is 1.16 bits per heavy atom. The van der Waals surface area contributed by atoms with Gasteiger partial charge in [0.25, 0.3) is 5.91 Å². The van der Waals surface area contributed by atoms with Gasteiger partial charge in [-0.05, 0) is 50.7 Å². The van der Waals surface area contributed by atoms with Gasteiger partial charge in [0.1, 0.15) is 5.54 Å². The van der Waals surface area contributed by atoms with Crippen molar-refractivity contribution < 1.29 is 9.59 Å². The van der Waals surface area contributed by atoms with Crippen molar-refractivity contribution in [1.29, 1.82) is 0 Å². The van der Waals surface area contributed by atoms with Gasteiger partial charge in [0.2, 0.25) is 0 Å². The SMILES string of the molecule is CCc1ccc(CN(CCCN2C(=O)NC(C)(C)C2=O)C2CC2)cc1. The molecule has 0 spiro atoms. The lowest BCUT2D eigenvalue weighted by Crippen LogP contribution is -2.40. The first-order chi connectivity index (χ1) is 11.9. The molecule has 0 aromatic heterocycles. The molecule has 2 aliphatic rings. The quantitative estimate of drug-likeness (QED) is 0.739. The van der Waals surface area contributed by atoms with Gasteiger partial charge in [-0.15, -0.1) is 0 Å². The molecule has 0 radical (unpaired) electrons. The van der Waals surface area contributed by atoms with Crippen molar-refractivity contribution in [2.45, 2.75) is 64.6 Å². The molecule has 3 amide bonds. The van der Waals surface area contributed by atoms with E-state index >= 15 is 0 Å².